The molecule has 101 valence electrons. The molecule has 1 aromatic carbocycles. The molecular formula is C16H25O2. The molecule has 0 N–H and O–H groups in total. The van der Waals surface area contributed by atoms with Crippen molar-refractivity contribution in [1.29, 1.82) is 0 Å². The molecule has 0 bridgehead atoms. The SMILES string of the molecule is [CH2]C(C)c1cc(OCCC)cc(OCCCC)c1. The predicted octanol–water partition coefficient (Wildman–Crippen LogP) is 4.59. The van der Waals surface area contributed by atoms with E-state index in [1.807, 2.05) is 6.07 Å². The first-order chi connectivity index (χ1) is 8.67. The summed E-state index contributed by atoms with van der Waals surface area (Å²) in [5.41, 5.74) is 1.16. The molecule has 2 nitrogen and oxygen atoms in total. The van der Waals surface area contributed by atoms with Gasteiger partial charge in [0.15, 0.2) is 0 Å². The zero-order valence-corrected chi connectivity index (χ0v) is 11.9. The first-order valence-corrected chi connectivity index (χ1v) is 6.91. The van der Waals surface area contributed by atoms with Crippen molar-refractivity contribution in [3.8, 4) is 11.5 Å². The van der Waals surface area contributed by atoms with E-state index in [1.165, 1.54) is 0 Å². The lowest BCUT2D eigenvalue weighted by molar-refractivity contribution is 0.297. The van der Waals surface area contributed by atoms with Gasteiger partial charge >= 0.3 is 0 Å². The molecule has 1 unspecified atom stereocenters. The van der Waals surface area contributed by atoms with E-state index < -0.39 is 0 Å². The van der Waals surface area contributed by atoms with Crippen LogP contribution in [-0.4, -0.2) is 13.2 Å². The first-order valence-electron chi connectivity index (χ1n) is 6.91. The van der Waals surface area contributed by atoms with Gasteiger partial charge in [-0.15, -0.1) is 0 Å². The number of ether oxygens (including phenoxy) is 2. The lowest BCUT2D eigenvalue weighted by Gasteiger charge is -2.13. The molecule has 0 saturated heterocycles. The molecule has 18 heavy (non-hydrogen) atoms. The van der Waals surface area contributed by atoms with Crippen LogP contribution < -0.4 is 9.47 Å². The van der Waals surface area contributed by atoms with E-state index in [1.54, 1.807) is 0 Å². The van der Waals surface area contributed by atoms with Crippen LogP contribution in [0.1, 0.15) is 51.5 Å². The Morgan fingerprint density at radius 2 is 1.61 bits per heavy atom. The Kier molecular flexibility index (Phi) is 6.63. The van der Waals surface area contributed by atoms with Crippen molar-refractivity contribution in [2.45, 2.75) is 46.0 Å². The minimum atomic E-state index is 0.240. The van der Waals surface area contributed by atoms with Crippen LogP contribution in [-0.2, 0) is 0 Å². The number of rotatable bonds is 8. The molecule has 1 aromatic rings. The van der Waals surface area contributed by atoms with Gasteiger partial charge in [0.05, 0.1) is 13.2 Å². The van der Waals surface area contributed by atoms with Crippen molar-refractivity contribution in [3.63, 3.8) is 0 Å². The van der Waals surface area contributed by atoms with Crippen LogP contribution in [0.15, 0.2) is 18.2 Å². The zero-order valence-electron chi connectivity index (χ0n) is 11.9. The van der Waals surface area contributed by atoms with Gasteiger partial charge in [0, 0.05) is 6.07 Å². The van der Waals surface area contributed by atoms with Crippen molar-refractivity contribution in [1.82, 2.24) is 0 Å². The summed E-state index contributed by atoms with van der Waals surface area (Å²) in [4.78, 5) is 0. The van der Waals surface area contributed by atoms with E-state index in [0.717, 1.165) is 49.5 Å². The summed E-state index contributed by atoms with van der Waals surface area (Å²) in [6.45, 7) is 11.9. The molecule has 0 aliphatic rings. The molecule has 1 rings (SSSR count). The summed E-state index contributed by atoms with van der Waals surface area (Å²) in [5.74, 6) is 2.02. The van der Waals surface area contributed by atoms with Crippen LogP contribution in [0.5, 0.6) is 11.5 Å². The molecule has 1 atom stereocenters. The van der Waals surface area contributed by atoms with Crippen molar-refractivity contribution in [2.75, 3.05) is 13.2 Å². The molecule has 0 heterocycles. The number of benzene rings is 1. The highest BCUT2D eigenvalue weighted by molar-refractivity contribution is 5.40. The summed E-state index contributed by atoms with van der Waals surface area (Å²) >= 11 is 0. The van der Waals surface area contributed by atoms with Gasteiger partial charge in [0.2, 0.25) is 0 Å². The number of unbranched alkanes of at least 4 members (excludes halogenated alkanes) is 1. The first kappa shape index (κ1) is 14.9. The minimum Gasteiger partial charge on any atom is -0.493 e. The van der Waals surface area contributed by atoms with Crippen molar-refractivity contribution in [3.05, 3.63) is 30.7 Å². The molecule has 0 aromatic heterocycles. The summed E-state index contributed by atoms with van der Waals surface area (Å²) in [6, 6.07) is 6.09. The maximum atomic E-state index is 5.75. The lowest BCUT2D eigenvalue weighted by Crippen LogP contribution is -2.01. The van der Waals surface area contributed by atoms with E-state index in [-0.39, 0.29) is 5.92 Å². The van der Waals surface area contributed by atoms with Crippen molar-refractivity contribution in [2.24, 2.45) is 0 Å². The molecule has 2 heteroatoms. The van der Waals surface area contributed by atoms with Gasteiger partial charge in [-0.2, -0.15) is 0 Å². The zero-order chi connectivity index (χ0) is 13.4. The number of hydrogen-bond acceptors (Lipinski definition) is 2. The maximum Gasteiger partial charge on any atom is 0.123 e. The topological polar surface area (TPSA) is 18.5 Å². The van der Waals surface area contributed by atoms with Crippen LogP contribution in [0.3, 0.4) is 0 Å². The fraction of sp³-hybridized carbons (Fsp3) is 0.562. The number of hydrogen-bond donors (Lipinski definition) is 0. The van der Waals surface area contributed by atoms with Crippen molar-refractivity contribution >= 4 is 0 Å². The Labute approximate surface area is 111 Å². The van der Waals surface area contributed by atoms with Gasteiger partial charge in [0.1, 0.15) is 11.5 Å². The van der Waals surface area contributed by atoms with E-state index >= 15 is 0 Å². The average molecular weight is 249 g/mol. The molecule has 1 radical (unpaired) electrons. The normalized spacial score (nSPS) is 10.7. The Hall–Kier alpha value is -1.18. The summed E-state index contributed by atoms with van der Waals surface area (Å²) in [6.07, 6.45) is 3.23. The van der Waals surface area contributed by atoms with E-state index in [9.17, 15) is 0 Å². The molecule has 0 spiro atoms. The van der Waals surface area contributed by atoms with Gasteiger partial charge in [0.25, 0.3) is 0 Å². The molecule has 0 amide bonds. The summed E-state index contributed by atoms with van der Waals surface area (Å²) in [7, 11) is 0. The van der Waals surface area contributed by atoms with Crippen molar-refractivity contribution < 1.29 is 9.47 Å². The molecule has 0 saturated carbocycles. The average Bonchev–Trinajstić information content (AvgIpc) is 2.36. The van der Waals surface area contributed by atoms with Crippen LogP contribution in [0.2, 0.25) is 0 Å². The van der Waals surface area contributed by atoms with E-state index in [2.05, 4.69) is 39.8 Å². The van der Waals surface area contributed by atoms with Crippen LogP contribution in [0.4, 0.5) is 0 Å². The van der Waals surface area contributed by atoms with Gasteiger partial charge in [-0.1, -0.05) is 27.2 Å². The largest absolute Gasteiger partial charge is 0.493 e. The monoisotopic (exact) mass is 249 g/mol. The van der Waals surface area contributed by atoms with Gasteiger partial charge in [-0.05, 0) is 43.4 Å². The third kappa shape index (κ3) is 4.99. The minimum absolute atomic E-state index is 0.240. The Morgan fingerprint density at radius 3 is 2.11 bits per heavy atom. The van der Waals surface area contributed by atoms with Crippen LogP contribution >= 0.6 is 0 Å². The second-order valence-corrected chi connectivity index (χ2v) is 4.69. The van der Waals surface area contributed by atoms with Crippen LogP contribution in [0, 0.1) is 6.92 Å². The maximum absolute atomic E-state index is 5.75. The molecular weight excluding hydrogens is 224 g/mol. The predicted molar refractivity (Wildman–Crippen MR) is 76.4 cm³/mol. The standard InChI is InChI=1S/C16H25O2/c1-5-7-9-18-16-11-14(13(3)4)10-15(12-16)17-8-6-2/h10-13H,3,5-9H2,1-2,4H3. The Morgan fingerprint density at radius 1 is 1.00 bits per heavy atom. The third-order valence-electron chi connectivity index (χ3n) is 2.71. The fourth-order valence-corrected chi connectivity index (χ4v) is 1.60. The Balaban J connectivity index is 2.77. The lowest BCUT2D eigenvalue weighted by atomic mass is 10.0. The third-order valence-corrected chi connectivity index (χ3v) is 2.71. The smallest absolute Gasteiger partial charge is 0.123 e. The highest BCUT2D eigenvalue weighted by Crippen LogP contribution is 2.27. The molecule has 0 fully saturated rings. The molecule has 0 aliphatic heterocycles. The van der Waals surface area contributed by atoms with Gasteiger partial charge in [-0.25, -0.2) is 0 Å². The highest BCUT2D eigenvalue weighted by Gasteiger charge is 2.06. The highest BCUT2D eigenvalue weighted by atomic mass is 16.5. The second-order valence-electron chi connectivity index (χ2n) is 4.69. The van der Waals surface area contributed by atoms with E-state index in [4.69, 9.17) is 9.47 Å². The van der Waals surface area contributed by atoms with Gasteiger partial charge in [-0.3, -0.25) is 0 Å². The second kappa shape index (κ2) is 8.02. The summed E-state index contributed by atoms with van der Waals surface area (Å²) < 4.78 is 11.4. The molecule has 0 aliphatic carbocycles. The van der Waals surface area contributed by atoms with Crippen LogP contribution in [0.25, 0.3) is 0 Å². The summed E-state index contributed by atoms with van der Waals surface area (Å²) in [5, 5.41) is 0. The Bertz CT molecular complexity index is 345. The fourth-order valence-electron chi connectivity index (χ4n) is 1.60. The van der Waals surface area contributed by atoms with Gasteiger partial charge < -0.3 is 9.47 Å². The van der Waals surface area contributed by atoms with E-state index in [0.29, 0.717) is 0 Å². The quantitative estimate of drug-likeness (QED) is 0.627.